The van der Waals surface area contributed by atoms with E-state index in [1.165, 1.54) is 5.56 Å². The summed E-state index contributed by atoms with van der Waals surface area (Å²) in [6, 6.07) is 22.2. The van der Waals surface area contributed by atoms with Crippen molar-refractivity contribution in [2.45, 2.75) is 45.9 Å². The Kier molecular flexibility index (Phi) is 7.69. The van der Waals surface area contributed by atoms with E-state index in [2.05, 4.69) is 28.4 Å². The molecule has 158 valence electrons. The molecule has 1 atom stereocenters. The summed E-state index contributed by atoms with van der Waals surface area (Å²) in [6.45, 7) is 6.13. The molecule has 5 nitrogen and oxygen atoms in total. The number of rotatable bonds is 10. The lowest BCUT2D eigenvalue weighted by atomic mass is 10.1. The highest BCUT2D eigenvalue weighted by Crippen LogP contribution is 2.19. The third-order valence-corrected chi connectivity index (χ3v) is 5.04. The minimum atomic E-state index is -0.169. The summed E-state index contributed by atoms with van der Waals surface area (Å²) < 4.78 is 11.2. The number of hydrogen-bond acceptors (Lipinski definition) is 4. The fourth-order valence-electron chi connectivity index (χ4n) is 3.24. The second-order valence-electron chi connectivity index (χ2n) is 7.53. The van der Waals surface area contributed by atoms with Crippen molar-refractivity contribution in [3.8, 4) is 5.75 Å². The highest BCUT2D eigenvalue weighted by Gasteiger charge is 2.16. The van der Waals surface area contributed by atoms with Crippen LogP contribution in [0.4, 0.5) is 0 Å². The average Bonchev–Trinajstić information content (AvgIpc) is 3.23. The maximum Gasteiger partial charge on any atom is 0.287 e. The number of nitrogens with zero attached hydrogens (tertiary/aromatic N) is 1. The molecule has 5 heteroatoms. The normalized spacial score (nSPS) is 12.0. The number of furan rings is 1. The van der Waals surface area contributed by atoms with Gasteiger partial charge in [-0.1, -0.05) is 49.4 Å². The van der Waals surface area contributed by atoms with Gasteiger partial charge in [0, 0.05) is 19.1 Å². The maximum atomic E-state index is 12.3. The van der Waals surface area contributed by atoms with Crippen molar-refractivity contribution in [1.82, 2.24) is 10.2 Å². The Hall–Kier alpha value is -3.05. The van der Waals surface area contributed by atoms with Crippen LogP contribution in [0.15, 0.2) is 71.1 Å². The molecule has 0 bridgehead atoms. The predicted molar refractivity (Wildman–Crippen MR) is 118 cm³/mol. The lowest BCUT2D eigenvalue weighted by Crippen LogP contribution is -2.31. The van der Waals surface area contributed by atoms with Crippen molar-refractivity contribution in [2.75, 3.05) is 7.11 Å². The first-order chi connectivity index (χ1) is 14.6. The van der Waals surface area contributed by atoms with E-state index in [0.717, 1.165) is 36.6 Å². The van der Waals surface area contributed by atoms with Crippen molar-refractivity contribution in [3.05, 3.63) is 89.4 Å². The van der Waals surface area contributed by atoms with E-state index >= 15 is 0 Å². The van der Waals surface area contributed by atoms with Crippen molar-refractivity contribution in [1.29, 1.82) is 0 Å². The number of carbonyl (C=O) groups is 1. The molecule has 2 aromatic carbocycles. The number of ether oxygens (including phenoxy) is 1. The van der Waals surface area contributed by atoms with Gasteiger partial charge in [0.25, 0.3) is 5.91 Å². The summed E-state index contributed by atoms with van der Waals surface area (Å²) in [5.41, 5.74) is 2.38. The molecule has 1 heterocycles. The van der Waals surface area contributed by atoms with Gasteiger partial charge in [0.1, 0.15) is 11.5 Å². The molecule has 0 aliphatic heterocycles. The van der Waals surface area contributed by atoms with Crippen LogP contribution in [0.5, 0.6) is 5.75 Å². The lowest BCUT2D eigenvalue weighted by molar-refractivity contribution is 0.0906. The first kappa shape index (κ1) is 21.7. The molecule has 0 fully saturated rings. The molecule has 0 radical (unpaired) electrons. The Morgan fingerprint density at radius 1 is 1.00 bits per heavy atom. The number of benzene rings is 2. The number of methoxy groups -OCH3 is 1. The molecule has 0 aliphatic rings. The van der Waals surface area contributed by atoms with Crippen LogP contribution in [-0.4, -0.2) is 24.0 Å². The third kappa shape index (κ3) is 6.22. The molecule has 3 aromatic rings. The average molecular weight is 407 g/mol. The Balaban J connectivity index is 1.74. The molecule has 3 rings (SSSR count). The fourth-order valence-corrected chi connectivity index (χ4v) is 3.24. The summed E-state index contributed by atoms with van der Waals surface area (Å²) in [6.07, 6.45) is 0.880. The van der Waals surface area contributed by atoms with Crippen molar-refractivity contribution in [3.63, 3.8) is 0 Å². The molecule has 0 saturated carbocycles. The molecule has 1 unspecified atom stereocenters. The lowest BCUT2D eigenvalue weighted by Gasteiger charge is -2.22. The van der Waals surface area contributed by atoms with Crippen molar-refractivity contribution in [2.24, 2.45) is 0 Å². The molecule has 1 N–H and O–H groups in total. The topological polar surface area (TPSA) is 54.7 Å². The molecule has 1 amide bonds. The van der Waals surface area contributed by atoms with E-state index in [1.54, 1.807) is 13.2 Å². The van der Waals surface area contributed by atoms with Gasteiger partial charge in [0.05, 0.1) is 13.7 Å². The van der Waals surface area contributed by atoms with Crippen LogP contribution in [-0.2, 0) is 19.6 Å². The van der Waals surface area contributed by atoms with Gasteiger partial charge >= 0.3 is 0 Å². The van der Waals surface area contributed by atoms with Crippen LogP contribution < -0.4 is 10.1 Å². The molecular weight excluding hydrogens is 376 g/mol. The van der Waals surface area contributed by atoms with Gasteiger partial charge in [-0.05, 0) is 48.7 Å². The fraction of sp³-hybridized carbons (Fsp3) is 0.320. The summed E-state index contributed by atoms with van der Waals surface area (Å²) >= 11 is 0. The van der Waals surface area contributed by atoms with Crippen LogP contribution in [0.1, 0.15) is 47.7 Å². The number of carbonyl (C=O) groups excluding carboxylic acids is 1. The van der Waals surface area contributed by atoms with E-state index in [4.69, 9.17) is 9.15 Å². The van der Waals surface area contributed by atoms with Crippen molar-refractivity contribution < 1.29 is 13.9 Å². The highest BCUT2D eigenvalue weighted by molar-refractivity contribution is 5.91. The van der Waals surface area contributed by atoms with Crippen LogP contribution in [0.25, 0.3) is 0 Å². The molecule has 30 heavy (non-hydrogen) atoms. The SMILES string of the molecule is CCC(C)NC(=O)c1ccc(CN(Cc2ccccc2)Cc2cccc(OC)c2)o1. The minimum Gasteiger partial charge on any atom is -0.497 e. The Morgan fingerprint density at radius 2 is 1.73 bits per heavy atom. The minimum absolute atomic E-state index is 0.119. The number of hydrogen-bond donors (Lipinski definition) is 1. The summed E-state index contributed by atoms with van der Waals surface area (Å²) in [4.78, 5) is 14.6. The van der Waals surface area contributed by atoms with E-state index in [9.17, 15) is 4.79 Å². The zero-order valence-corrected chi connectivity index (χ0v) is 17.9. The van der Waals surface area contributed by atoms with Gasteiger partial charge in [0.2, 0.25) is 0 Å². The third-order valence-electron chi connectivity index (χ3n) is 5.04. The zero-order valence-electron chi connectivity index (χ0n) is 17.9. The van der Waals surface area contributed by atoms with Gasteiger partial charge in [-0.2, -0.15) is 0 Å². The molecule has 0 spiro atoms. The summed E-state index contributed by atoms with van der Waals surface area (Å²) in [7, 11) is 1.68. The molecule has 0 aliphatic carbocycles. The van der Waals surface area contributed by atoms with Crippen LogP contribution >= 0.6 is 0 Å². The van der Waals surface area contributed by atoms with Gasteiger partial charge < -0.3 is 14.5 Å². The van der Waals surface area contributed by atoms with E-state index < -0.39 is 0 Å². The monoisotopic (exact) mass is 406 g/mol. The Bertz CT molecular complexity index is 936. The van der Waals surface area contributed by atoms with Gasteiger partial charge in [-0.3, -0.25) is 9.69 Å². The largest absolute Gasteiger partial charge is 0.497 e. The summed E-state index contributed by atoms with van der Waals surface area (Å²) in [5.74, 6) is 1.79. The predicted octanol–water partition coefficient (Wildman–Crippen LogP) is 5.02. The standard InChI is InChI=1S/C25H30N2O3/c1-4-19(2)26-25(28)24-14-13-23(30-24)18-27(16-20-9-6-5-7-10-20)17-21-11-8-12-22(15-21)29-3/h5-15,19H,4,16-18H2,1-3H3,(H,26,28). The second-order valence-corrected chi connectivity index (χ2v) is 7.53. The van der Waals surface area contributed by atoms with E-state index in [1.807, 2.05) is 56.3 Å². The quantitative estimate of drug-likeness (QED) is 0.514. The second kappa shape index (κ2) is 10.6. The van der Waals surface area contributed by atoms with E-state index in [0.29, 0.717) is 12.3 Å². The Labute approximate surface area is 178 Å². The first-order valence-corrected chi connectivity index (χ1v) is 10.4. The van der Waals surface area contributed by atoms with Crippen LogP contribution in [0.2, 0.25) is 0 Å². The first-order valence-electron chi connectivity index (χ1n) is 10.4. The van der Waals surface area contributed by atoms with Crippen molar-refractivity contribution >= 4 is 5.91 Å². The highest BCUT2D eigenvalue weighted by atomic mass is 16.5. The van der Waals surface area contributed by atoms with Gasteiger partial charge in [-0.15, -0.1) is 0 Å². The number of amides is 1. The Morgan fingerprint density at radius 3 is 2.47 bits per heavy atom. The molecule has 1 aromatic heterocycles. The number of nitrogens with one attached hydrogen (secondary N) is 1. The summed E-state index contributed by atoms with van der Waals surface area (Å²) in [5, 5.41) is 2.94. The maximum absolute atomic E-state index is 12.3. The van der Waals surface area contributed by atoms with Gasteiger partial charge in [-0.25, -0.2) is 0 Å². The van der Waals surface area contributed by atoms with Crippen LogP contribution in [0, 0.1) is 0 Å². The molecule has 0 saturated heterocycles. The zero-order chi connectivity index (χ0) is 21.3. The van der Waals surface area contributed by atoms with Crippen LogP contribution in [0.3, 0.4) is 0 Å². The smallest absolute Gasteiger partial charge is 0.287 e. The molecular formula is C25H30N2O3. The van der Waals surface area contributed by atoms with Gasteiger partial charge in [0.15, 0.2) is 5.76 Å². The van der Waals surface area contributed by atoms with E-state index in [-0.39, 0.29) is 11.9 Å².